The van der Waals surface area contributed by atoms with E-state index in [1.54, 1.807) is 0 Å². The monoisotopic (exact) mass is 245 g/mol. The smallest absolute Gasteiger partial charge is 0.399 e. The standard InChI is InChI=1S/C9H9F6N/c1-5(8(10,11)12)3-4-7(6(2)16)9(13,14)15/h3-4H,2,16H2,1H3/b5-3+,7-4+. The molecule has 0 aliphatic heterocycles. The molecule has 0 aromatic carbocycles. The van der Waals surface area contributed by atoms with Gasteiger partial charge < -0.3 is 5.73 Å². The van der Waals surface area contributed by atoms with Crippen LogP contribution in [0.1, 0.15) is 6.92 Å². The Kier molecular flexibility index (Phi) is 4.22. The van der Waals surface area contributed by atoms with Crippen LogP contribution < -0.4 is 5.73 Å². The van der Waals surface area contributed by atoms with Gasteiger partial charge in [-0.3, -0.25) is 0 Å². The number of alkyl halides is 6. The molecular weight excluding hydrogens is 236 g/mol. The molecule has 0 radical (unpaired) electrons. The number of hydrogen-bond donors (Lipinski definition) is 1. The lowest BCUT2D eigenvalue weighted by atomic mass is 10.1. The van der Waals surface area contributed by atoms with Crippen LogP contribution in [0.5, 0.6) is 0 Å². The highest BCUT2D eigenvalue weighted by atomic mass is 19.4. The summed E-state index contributed by atoms with van der Waals surface area (Å²) in [6.45, 7) is 3.50. The number of allylic oxidation sites excluding steroid dienone is 4. The van der Waals surface area contributed by atoms with Crippen molar-refractivity contribution in [1.82, 2.24) is 0 Å². The van der Waals surface area contributed by atoms with E-state index in [0.29, 0.717) is 13.0 Å². The molecule has 0 fully saturated rings. The van der Waals surface area contributed by atoms with E-state index in [4.69, 9.17) is 5.73 Å². The fourth-order valence-electron chi connectivity index (χ4n) is 0.686. The molecule has 2 N–H and O–H groups in total. The number of halogens is 6. The molecule has 0 saturated heterocycles. The maximum Gasteiger partial charge on any atom is 0.418 e. The van der Waals surface area contributed by atoms with E-state index in [9.17, 15) is 26.3 Å². The van der Waals surface area contributed by atoms with Crippen molar-refractivity contribution in [2.24, 2.45) is 5.73 Å². The minimum atomic E-state index is -4.83. The molecule has 0 unspecified atom stereocenters. The molecule has 0 aliphatic carbocycles. The summed E-state index contributed by atoms with van der Waals surface area (Å²) in [5, 5.41) is 0. The predicted octanol–water partition coefficient (Wildman–Crippen LogP) is 3.46. The second-order valence-corrected chi connectivity index (χ2v) is 2.95. The van der Waals surface area contributed by atoms with Crippen LogP contribution >= 0.6 is 0 Å². The topological polar surface area (TPSA) is 26.0 Å². The summed E-state index contributed by atoms with van der Waals surface area (Å²) in [6.07, 6.45) is -8.93. The Balaban J connectivity index is 5.22. The molecule has 16 heavy (non-hydrogen) atoms. The number of hydrogen-bond acceptors (Lipinski definition) is 1. The van der Waals surface area contributed by atoms with Crippen molar-refractivity contribution >= 4 is 0 Å². The molecule has 0 heterocycles. The van der Waals surface area contributed by atoms with Crippen LogP contribution in [0.4, 0.5) is 26.3 Å². The van der Waals surface area contributed by atoms with Gasteiger partial charge in [-0.1, -0.05) is 12.7 Å². The Morgan fingerprint density at radius 3 is 1.69 bits per heavy atom. The second-order valence-electron chi connectivity index (χ2n) is 2.95. The van der Waals surface area contributed by atoms with E-state index in [1.807, 2.05) is 0 Å². The Morgan fingerprint density at radius 1 is 1.00 bits per heavy atom. The number of rotatable bonds is 2. The Hall–Kier alpha value is -1.40. The van der Waals surface area contributed by atoms with Crippen molar-refractivity contribution in [2.45, 2.75) is 19.3 Å². The average molecular weight is 245 g/mol. The van der Waals surface area contributed by atoms with Crippen molar-refractivity contribution in [3.63, 3.8) is 0 Å². The van der Waals surface area contributed by atoms with Crippen molar-refractivity contribution in [1.29, 1.82) is 0 Å². The highest BCUT2D eigenvalue weighted by Crippen LogP contribution is 2.30. The molecule has 92 valence electrons. The van der Waals surface area contributed by atoms with Crippen LogP contribution in [-0.4, -0.2) is 12.4 Å². The van der Waals surface area contributed by atoms with Gasteiger partial charge in [0.1, 0.15) is 0 Å². The van der Waals surface area contributed by atoms with Gasteiger partial charge in [0.2, 0.25) is 0 Å². The summed E-state index contributed by atoms with van der Waals surface area (Å²) < 4.78 is 72.5. The second kappa shape index (κ2) is 4.63. The minimum Gasteiger partial charge on any atom is -0.399 e. The first-order valence-electron chi connectivity index (χ1n) is 3.94. The largest absolute Gasteiger partial charge is 0.418 e. The van der Waals surface area contributed by atoms with Gasteiger partial charge >= 0.3 is 12.4 Å². The summed E-state index contributed by atoms with van der Waals surface area (Å²) in [4.78, 5) is 0. The van der Waals surface area contributed by atoms with Gasteiger partial charge in [0.25, 0.3) is 0 Å². The van der Waals surface area contributed by atoms with Gasteiger partial charge in [0.15, 0.2) is 0 Å². The van der Waals surface area contributed by atoms with Crippen LogP contribution in [-0.2, 0) is 0 Å². The van der Waals surface area contributed by atoms with Crippen LogP contribution in [0.25, 0.3) is 0 Å². The Labute approximate surface area is 87.9 Å². The summed E-state index contributed by atoms with van der Waals surface area (Å²) in [5.74, 6) is 0. The van der Waals surface area contributed by atoms with Gasteiger partial charge in [-0.15, -0.1) is 0 Å². The van der Waals surface area contributed by atoms with Crippen molar-refractivity contribution in [3.8, 4) is 0 Å². The summed E-state index contributed by atoms with van der Waals surface area (Å²) in [7, 11) is 0. The van der Waals surface area contributed by atoms with Gasteiger partial charge in [-0.25, -0.2) is 0 Å². The molecule has 0 bridgehead atoms. The molecule has 0 saturated carbocycles. The molecule has 0 rings (SSSR count). The van der Waals surface area contributed by atoms with E-state index >= 15 is 0 Å². The molecule has 0 aromatic heterocycles. The highest BCUT2D eigenvalue weighted by Gasteiger charge is 2.35. The maximum atomic E-state index is 12.2. The van der Waals surface area contributed by atoms with E-state index in [0.717, 1.165) is 0 Å². The third-order valence-electron chi connectivity index (χ3n) is 1.60. The normalized spacial score (nSPS) is 15.2. The van der Waals surface area contributed by atoms with Gasteiger partial charge in [-0.2, -0.15) is 26.3 Å². The molecular formula is C9H9F6N. The SMILES string of the molecule is C=C(N)/C(=C\C=C(/C)C(F)(F)F)C(F)(F)F. The van der Waals surface area contributed by atoms with Crippen molar-refractivity contribution in [2.75, 3.05) is 0 Å². The van der Waals surface area contributed by atoms with Crippen molar-refractivity contribution < 1.29 is 26.3 Å². The maximum absolute atomic E-state index is 12.2. The zero-order valence-electron chi connectivity index (χ0n) is 8.21. The Bertz CT molecular complexity index is 331. The van der Waals surface area contributed by atoms with Crippen LogP contribution in [0.2, 0.25) is 0 Å². The minimum absolute atomic E-state index is 0.255. The van der Waals surface area contributed by atoms with Crippen molar-refractivity contribution in [3.05, 3.63) is 35.6 Å². The fraction of sp³-hybridized carbons (Fsp3) is 0.333. The Morgan fingerprint density at radius 2 is 1.44 bits per heavy atom. The van der Waals surface area contributed by atoms with Crippen LogP contribution in [0, 0.1) is 0 Å². The van der Waals surface area contributed by atoms with Crippen LogP contribution in [0.3, 0.4) is 0 Å². The van der Waals surface area contributed by atoms with E-state index in [1.165, 1.54) is 0 Å². The lowest BCUT2D eigenvalue weighted by molar-refractivity contribution is -0.0927. The molecule has 0 spiro atoms. The zero-order chi connectivity index (χ0) is 13.1. The molecule has 0 aliphatic rings. The zero-order valence-corrected chi connectivity index (χ0v) is 8.21. The van der Waals surface area contributed by atoms with E-state index in [-0.39, 0.29) is 6.08 Å². The predicted molar refractivity (Wildman–Crippen MR) is 47.3 cm³/mol. The first-order valence-corrected chi connectivity index (χ1v) is 3.94. The quantitative estimate of drug-likeness (QED) is 0.585. The number of nitrogens with two attached hydrogens (primary N) is 1. The first-order chi connectivity index (χ1) is 6.96. The lowest BCUT2D eigenvalue weighted by Crippen LogP contribution is -2.17. The fourth-order valence-corrected chi connectivity index (χ4v) is 0.686. The third kappa shape index (κ3) is 4.41. The summed E-state index contributed by atoms with van der Waals surface area (Å²) in [5.41, 5.74) is 1.44. The van der Waals surface area contributed by atoms with Crippen LogP contribution in [0.15, 0.2) is 35.6 Å². The summed E-state index contributed by atoms with van der Waals surface area (Å²) >= 11 is 0. The molecule has 0 aromatic rings. The van der Waals surface area contributed by atoms with Gasteiger partial charge in [-0.05, 0) is 13.0 Å². The highest BCUT2D eigenvalue weighted by molar-refractivity contribution is 5.34. The third-order valence-corrected chi connectivity index (χ3v) is 1.60. The van der Waals surface area contributed by atoms with Gasteiger partial charge in [0, 0.05) is 11.3 Å². The average Bonchev–Trinajstić information content (AvgIpc) is 1.98. The van der Waals surface area contributed by atoms with Gasteiger partial charge in [0.05, 0.1) is 5.57 Å². The van der Waals surface area contributed by atoms with E-state index < -0.39 is 29.2 Å². The first kappa shape index (κ1) is 14.6. The van der Waals surface area contributed by atoms with E-state index in [2.05, 4.69) is 6.58 Å². The molecule has 1 nitrogen and oxygen atoms in total. The molecule has 0 atom stereocenters. The molecule has 7 heteroatoms. The molecule has 0 amide bonds. The lowest BCUT2D eigenvalue weighted by Gasteiger charge is -2.10. The summed E-state index contributed by atoms with van der Waals surface area (Å²) in [6, 6.07) is 0.